The van der Waals surface area contributed by atoms with Crippen molar-refractivity contribution < 1.29 is 29.2 Å². The summed E-state index contributed by atoms with van der Waals surface area (Å²) < 4.78 is 19.5. The maximum absolute atomic E-state index is 14.1. The molecule has 1 amide bonds. The molecular weight excluding hydrogens is 425 g/mol. The van der Waals surface area contributed by atoms with Crippen molar-refractivity contribution in [3.05, 3.63) is 94.8 Å². The van der Waals surface area contributed by atoms with E-state index in [0.29, 0.717) is 5.56 Å². The molecule has 33 heavy (non-hydrogen) atoms. The van der Waals surface area contributed by atoms with Gasteiger partial charge >= 0.3 is 6.09 Å². The van der Waals surface area contributed by atoms with Crippen LogP contribution in [0.3, 0.4) is 0 Å². The maximum Gasteiger partial charge on any atom is 0.407 e. The number of rotatable bonds is 8. The fourth-order valence-electron chi connectivity index (χ4n) is 4.25. The van der Waals surface area contributed by atoms with E-state index >= 15 is 0 Å². The molecule has 0 saturated carbocycles. The highest BCUT2D eigenvalue weighted by molar-refractivity contribution is 5.79. The largest absolute Gasteiger partial charge is 0.449 e. The van der Waals surface area contributed by atoms with E-state index < -0.39 is 24.1 Å². The van der Waals surface area contributed by atoms with Crippen molar-refractivity contribution in [1.82, 2.24) is 5.32 Å². The average molecular weight is 451 g/mol. The van der Waals surface area contributed by atoms with Crippen LogP contribution in [-0.4, -0.2) is 40.7 Å². The van der Waals surface area contributed by atoms with E-state index in [1.54, 1.807) is 0 Å². The maximum atomic E-state index is 14.1. The molecule has 3 aromatic carbocycles. The first-order valence-corrected chi connectivity index (χ1v) is 10.8. The second-order valence-electron chi connectivity index (χ2n) is 8.07. The molecule has 3 aromatic rings. The van der Waals surface area contributed by atoms with Crippen molar-refractivity contribution >= 4 is 6.09 Å². The molecule has 0 radical (unpaired) electrons. The van der Waals surface area contributed by atoms with Gasteiger partial charge in [-0.05, 0) is 40.3 Å². The van der Waals surface area contributed by atoms with E-state index in [-0.39, 0.29) is 37.7 Å². The SMILES string of the molecule is O=C(NCCC(O)C(O)c1ccc(CO)cc1F)OCC1c2ccccc2-c2ccccc21. The molecule has 0 fully saturated rings. The van der Waals surface area contributed by atoms with Crippen LogP contribution in [0.5, 0.6) is 0 Å². The minimum atomic E-state index is -1.46. The lowest BCUT2D eigenvalue weighted by Crippen LogP contribution is -2.31. The normalized spacial score (nSPS) is 14.3. The summed E-state index contributed by atoms with van der Waals surface area (Å²) in [5, 5.41) is 32.0. The fraction of sp³-hybridized carbons (Fsp3) is 0.269. The number of ether oxygens (including phenoxy) is 1. The first kappa shape index (κ1) is 22.9. The van der Waals surface area contributed by atoms with E-state index in [1.165, 1.54) is 12.1 Å². The van der Waals surface area contributed by atoms with E-state index in [0.717, 1.165) is 28.3 Å². The van der Waals surface area contributed by atoms with Crippen LogP contribution in [0, 0.1) is 5.82 Å². The first-order valence-electron chi connectivity index (χ1n) is 10.8. The lowest BCUT2D eigenvalue weighted by Gasteiger charge is -2.19. The Morgan fingerprint density at radius 2 is 1.64 bits per heavy atom. The number of hydrogen-bond donors (Lipinski definition) is 4. The average Bonchev–Trinajstić information content (AvgIpc) is 3.16. The number of alkyl carbamates (subject to hydrolysis) is 1. The van der Waals surface area contributed by atoms with Crippen molar-refractivity contribution in [2.75, 3.05) is 13.2 Å². The van der Waals surface area contributed by atoms with Crippen LogP contribution >= 0.6 is 0 Å². The molecule has 0 heterocycles. The molecule has 2 unspecified atom stereocenters. The highest BCUT2D eigenvalue weighted by atomic mass is 19.1. The molecule has 4 rings (SSSR count). The minimum Gasteiger partial charge on any atom is -0.449 e. The standard InChI is InChI=1S/C26H26FNO5/c27-23-13-16(14-29)9-10-21(23)25(31)24(30)11-12-28-26(32)33-15-22-19-7-3-1-5-17(19)18-6-2-4-8-20(18)22/h1-10,13,22,24-25,29-31H,11-12,14-15H2,(H,28,32). The third kappa shape index (κ3) is 4.90. The smallest absolute Gasteiger partial charge is 0.407 e. The number of aliphatic hydroxyl groups excluding tert-OH is 3. The molecule has 6 nitrogen and oxygen atoms in total. The monoisotopic (exact) mass is 451 g/mol. The number of aliphatic hydroxyl groups is 3. The van der Waals surface area contributed by atoms with Gasteiger partial charge in [-0.15, -0.1) is 0 Å². The van der Waals surface area contributed by atoms with Gasteiger partial charge in [0, 0.05) is 18.0 Å². The van der Waals surface area contributed by atoms with E-state index in [9.17, 15) is 19.4 Å². The number of fused-ring (bicyclic) bond motifs is 3. The summed E-state index contributed by atoms with van der Waals surface area (Å²) in [6, 6.07) is 20.0. The summed E-state index contributed by atoms with van der Waals surface area (Å²) in [4.78, 5) is 12.2. The molecule has 0 aliphatic heterocycles. The molecule has 0 aromatic heterocycles. The lowest BCUT2D eigenvalue weighted by molar-refractivity contribution is 0.0116. The molecule has 172 valence electrons. The quantitative estimate of drug-likeness (QED) is 0.419. The van der Waals surface area contributed by atoms with Crippen LogP contribution in [0.2, 0.25) is 0 Å². The van der Waals surface area contributed by atoms with Gasteiger partial charge in [-0.25, -0.2) is 9.18 Å². The fourth-order valence-corrected chi connectivity index (χ4v) is 4.25. The topological polar surface area (TPSA) is 99.0 Å². The number of benzene rings is 3. The van der Waals surface area contributed by atoms with E-state index in [4.69, 9.17) is 9.84 Å². The minimum absolute atomic E-state index is 0.00650. The summed E-state index contributed by atoms with van der Waals surface area (Å²) in [7, 11) is 0. The Kier molecular flexibility index (Phi) is 7.03. The second-order valence-corrected chi connectivity index (χ2v) is 8.07. The third-order valence-corrected chi connectivity index (χ3v) is 5.98. The van der Waals surface area contributed by atoms with Gasteiger partial charge in [-0.3, -0.25) is 0 Å². The Labute approximate surface area is 191 Å². The van der Waals surface area contributed by atoms with Crippen molar-refractivity contribution in [1.29, 1.82) is 0 Å². The zero-order valence-electron chi connectivity index (χ0n) is 17.9. The van der Waals surface area contributed by atoms with Gasteiger partial charge in [0.05, 0.1) is 12.7 Å². The number of hydrogen-bond acceptors (Lipinski definition) is 5. The first-order chi connectivity index (χ1) is 16.0. The number of halogens is 1. The molecule has 0 bridgehead atoms. The molecule has 1 aliphatic carbocycles. The Morgan fingerprint density at radius 3 is 2.24 bits per heavy atom. The highest BCUT2D eigenvalue weighted by Gasteiger charge is 2.29. The summed E-state index contributed by atoms with van der Waals surface area (Å²) in [5.74, 6) is -0.766. The van der Waals surface area contributed by atoms with Crippen LogP contribution in [0.1, 0.15) is 40.7 Å². The van der Waals surface area contributed by atoms with Crippen molar-refractivity contribution in [2.24, 2.45) is 0 Å². The van der Waals surface area contributed by atoms with Crippen LogP contribution in [0.15, 0.2) is 66.7 Å². The predicted octanol–water partition coefficient (Wildman–Crippen LogP) is 3.64. The molecule has 4 N–H and O–H groups in total. The lowest BCUT2D eigenvalue weighted by atomic mass is 9.98. The van der Waals surface area contributed by atoms with Gasteiger partial charge in [0.1, 0.15) is 18.5 Å². The van der Waals surface area contributed by atoms with Crippen molar-refractivity contribution in [2.45, 2.75) is 31.2 Å². The zero-order valence-corrected chi connectivity index (χ0v) is 17.9. The molecule has 0 saturated heterocycles. The van der Waals surface area contributed by atoms with Gasteiger partial charge in [0.2, 0.25) is 0 Å². The van der Waals surface area contributed by atoms with Crippen LogP contribution in [0.25, 0.3) is 11.1 Å². The van der Waals surface area contributed by atoms with Gasteiger partial charge in [-0.2, -0.15) is 0 Å². The number of carbonyl (C=O) groups excluding carboxylic acids is 1. The summed E-state index contributed by atoms with van der Waals surface area (Å²) >= 11 is 0. The number of carbonyl (C=O) groups is 1. The summed E-state index contributed by atoms with van der Waals surface area (Å²) in [5.41, 5.74) is 4.80. The summed E-state index contributed by atoms with van der Waals surface area (Å²) in [6.07, 6.45) is -3.36. The van der Waals surface area contributed by atoms with Gasteiger partial charge < -0.3 is 25.4 Å². The third-order valence-electron chi connectivity index (χ3n) is 5.98. The van der Waals surface area contributed by atoms with Crippen molar-refractivity contribution in [3.63, 3.8) is 0 Å². The Balaban J connectivity index is 1.28. The predicted molar refractivity (Wildman–Crippen MR) is 121 cm³/mol. The van der Waals surface area contributed by atoms with Crippen molar-refractivity contribution in [3.8, 4) is 11.1 Å². The van der Waals surface area contributed by atoms with Crippen LogP contribution < -0.4 is 5.32 Å². The van der Waals surface area contributed by atoms with Gasteiger partial charge in [0.15, 0.2) is 0 Å². The van der Waals surface area contributed by atoms with E-state index in [1.807, 2.05) is 36.4 Å². The molecule has 1 aliphatic rings. The molecule has 0 spiro atoms. The van der Waals surface area contributed by atoms with Crippen LogP contribution in [-0.2, 0) is 11.3 Å². The van der Waals surface area contributed by atoms with Gasteiger partial charge in [-0.1, -0.05) is 60.7 Å². The Morgan fingerprint density at radius 1 is 1.00 bits per heavy atom. The Bertz CT molecular complexity index is 1090. The highest BCUT2D eigenvalue weighted by Crippen LogP contribution is 2.44. The van der Waals surface area contributed by atoms with Crippen LogP contribution in [0.4, 0.5) is 9.18 Å². The Hall–Kier alpha value is -3.26. The molecule has 2 atom stereocenters. The molecular formula is C26H26FNO5. The van der Waals surface area contributed by atoms with E-state index in [2.05, 4.69) is 17.4 Å². The van der Waals surface area contributed by atoms with Gasteiger partial charge in [0.25, 0.3) is 0 Å². The summed E-state index contributed by atoms with van der Waals surface area (Å²) in [6.45, 7) is -0.0986. The zero-order chi connectivity index (χ0) is 23.4. The second kappa shape index (κ2) is 10.1. The number of amides is 1. The molecule has 7 heteroatoms. The number of nitrogens with one attached hydrogen (secondary N) is 1.